The van der Waals surface area contributed by atoms with Crippen molar-refractivity contribution in [2.45, 2.75) is 31.2 Å². The first-order valence-corrected chi connectivity index (χ1v) is 12.5. The fourth-order valence-corrected chi connectivity index (χ4v) is 4.72. The molecule has 0 spiro atoms. The molecule has 6 heteroatoms. The number of carbonyl (C=O) groups excluding carboxylic acids is 2. The number of amides is 2. The zero-order valence-electron chi connectivity index (χ0n) is 18.7. The standard InChI is InChI=1S/C27H29ClN2O2S/c1-29-27(32)25(18-21-9-4-2-5-10-21)30(19-23-13-8-14-24(28)17-23)26(31)15-16-33-20-22-11-6-3-7-12-22/h2-14,17,25H,15-16,18-20H2,1H3,(H,29,32). The summed E-state index contributed by atoms with van der Waals surface area (Å²) in [5.41, 5.74) is 3.14. The van der Waals surface area contributed by atoms with Gasteiger partial charge in [0.2, 0.25) is 11.8 Å². The Bertz CT molecular complexity index is 1030. The molecular formula is C27H29ClN2O2S. The van der Waals surface area contributed by atoms with Gasteiger partial charge in [0.15, 0.2) is 0 Å². The van der Waals surface area contributed by atoms with Crippen molar-refractivity contribution in [3.8, 4) is 0 Å². The predicted molar refractivity (Wildman–Crippen MR) is 137 cm³/mol. The zero-order chi connectivity index (χ0) is 23.5. The third kappa shape index (κ3) is 7.95. The van der Waals surface area contributed by atoms with E-state index < -0.39 is 6.04 Å². The maximum atomic E-state index is 13.4. The molecule has 0 saturated heterocycles. The Hall–Kier alpha value is -2.76. The van der Waals surface area contributed by atoms with Gasteiger partial charge in [0, 0.05) is 43.0 Å². The van der Waals surface area contributed by atoms with Crippen LogP contribution in [-0.2, 0) is 28.3 Å². The topological polar surface area (TPSA) is 49.4 Å². The van der Waals surface area contributed by atoms with Crippen LogP contribution in [-0.4, -0.2) is 35.6 Å². The van der Waals surface area contributed by atoms with Crippen LogP contribution in [0, 0.1) is 0 Å². The van der Waals surface area contributed by atoms with Gasteiger partial charge in [0.1, 0.15) is 6.04 Å². The Morgan fingerprint density at radius 2 is 1.55 bits per heavy atom. The van der Waals surface area contributed by atoms with Gasteiger partial charge in [0.05, 0.1) is 0 Å². The van der Waals surface area contributed by atoms with Crippen molar-refractivity contribution in [3.05, 3.63) is 107 Å². The highest BCUT2D eigenvalue weighted by atomic mass is 35.5. The Kier molecular flexibility index (Phi) is 9.85. The molecule has 0 aliphatic rings. The van der Waals surface area contributed by atoms with E-state index in [-0.39, 0.29) is 11.8 Å². The monoisotopic (exact) mass is 480 g/mol. The molecule has 3 rings (SSSR count). The third-order valence-corrected chi connectivity index (χ3v) is 6.60. The minimum atomic E-state index is -0.608. The highest BCUT2D eigenvalue weighted by Crippen LogP contribution is 2.20. The summed E-state index contributed by atoms with van der Waals surface area (Å²) in [5, 5.41) is 3.35. The molecule has 1 N–H and O–H groups in total. The van der Waals surface area contributed by atoms with E-state index in [1.165, 1.54) is 5.56 Å². The van der Waals surface area contributed by atoms with Crippen LogP contribution in [0.4, 0.5) is 0 Å². The predicted octanol–water partition coefficient (Wildman–Crippen LogP) is 5.35. The number of carbonyl (C=O) groups is 2. The van der Waals surface area contributed by atoms with E-state index in [9.17, 15) is 9.59 Å². The van der Waals surface area contributed by atoms with E-state index >= 15 is 0 Å². The van der Waals surface area contributed by atoms with Gasteiger partial charge in [-0.15, -0.1) is 0 Å². The Labute approximate surface area is 205 Å². The maximum Gasteiger partial charge on any atom is 0.242 e. The fourth-order valence-electron chi connectivity index (χ4n) is 3.62. The molecule has 0 fully saturated rings. The second kappa shape index (κ2) is 13.1. The van der Waals surface area contributed by atoms with Gasteiger partial charge in [-0.25, -0.2) is 0 Å². The maximum absolute atomic E-state index is 13.4. The summed E-state index contributed by atoms with van der Waals surface area (Å²) >= 11 is 7.90. The number of likely N-dealkylation sites (N-methyl/N-ethyl adjacent to an activating group) is 1. The lowest BCUT2D eigenvalue weighted by Gasteiger charge is -2.31. The summed E-state index contributed by atoms with van der Waals surface area (Å²) in [5.74, 6) is 1.32. The Balaban J connectivity index is 1.75. The molecule has 33 heavy (non-hydrogen) atoms. The molecule has 1 unspecified atom stereocenters. The first-order valence-electron chi connectivity index (χ1n) is 11.0. The number of benzene rings is 3. The molecule has 172 valence electrons. The highest BCUT2D eigenvalue weighted by molar-refractivity contribution is 7.98. The molecule has 0 aliphatic carbocycles. The van der Waals surface area contributed by atoms with Crippen molar-refractivity contribution >= 4 is 35.2 Å². The number of hydrogen-bond donors (Lipinski definition) is 1. The van der Waals surface area contributed by atoms with Crippen LogP contribution < -0.4 is 5.32 Å². The number of hydrogen-bond acceptors (Lipinski definition) is 3. The van der Waals surface area contributed by atoms with Crippen LogP contribution in [0.3, 0.4) is 0 Å². The number of thioether (sulfide) groups is 1. The number of nitrogens with one attached hydrogen (secondary N) is 1. The number of halogens is 1. The molecule has 0 aromatic heterocycles. The molecule has 3 aromatic rings. The Morgan fingerprint density at radius 1 is 0.909 bits per heavy atom. The smallest absolute Gasteiger partial charge is 0.242 e. The van der Waals surface area contributed by atoms with Gasteiger partial charge in [-0.05, 0) is 28.8 Å². The fraction of sp³-hybridized carbons (Fsp3) is 0.259. The lowest BCUT2D eigenvalue weighted by Crippen LogP contribution is -2.49. The third-order valence-electron chi connectivity index (χ3n) is 5.33. The summed E-state index contributed by atoms with van der Waals surface area (Å²) < 4.78 is 0. The van der Waals surface area contributed by atoms with Crippen LogP contribution in [0.15, 0.2) is 84.9 Å². The van der Waals surface area contributed by atoms with Crippen molar-refractivity contribution in [1.82, 2.24) is 10.2 Å². The lowest BCUT2D eigenvalue weighted by atomic mass is 10.0. The van der Waals surface area contributed by atoms with E-state index in [2.05, 4.69) is 17.4 Å². The number of rotatable bonds is 11. The molecule has 0 heterocycles. The van der Waals surface area contributed by atoms with Gasteiger partial charge in [0.25, 0.3) is 0 Å². The molecule has 0 aliphatic heterocycles. The minimum absolute atomic E-state index is 0.0416. The highest BCUT2D eigenvalue weighted by Gasteiger charge is 2.29. The second-order valence-electron chi connectivity index (χ2n) is 7.76. The molecule has 1 atom stereocenters. The molecule has 3 aromatic carbocycles. The quantitative estimate of drug-likeness (QED) is 0.376. The van der Waals surface area contributed by atoms with Gasteiger partial charge in [-0.3, -0.25) is 9.59 Å². The lowest BCUT2D eigenvalue weighted by molar-refractivity contribution is -0.140. The van der Waals surface area contributed by atoms with Crippen molar-refractivity contribution in [2.24, 2.45) is 0 Å². The molecule has 0 radical (unpaired) electrons. The van der Waals surface area contributed by atoms with Gasteiger partial charge in [-0.2, -0.15) is 11.8 Å². The van der Waals surface area contributed by atoms with Gasteiger partial charge in [-0.1, -0.05) is 84.4 Å². The Morgan fingerprint density at radius 3 is 2.18 bits per heavy atom. The summed E-state index contributed by atoms with van der Waals surface area (Å²) in [4.78, 5) is 28.0. The normalized spacial score (nSPS) is 11.6. The van der Waals surface area contributed by atoms with E-state index in [4.69, 9.17) is 11.6 Å². The van der Waals surface area contributed by atoms with E-state index in [0.29, 0.717) is 30.2 Å². The average molecular weight is 481 g/mol. The van der Waals surface area contributed by atoms with Crippen molar-refractivity contribution in [3.63, 3.8) is 0 Å². The molecule has 2 amide bonds. The van der Waals surface area contributed by atoms with E-state index in [1.807, 2.05) is 66.7 Å². The van der Waals surface area contributed by atoms with Crippen molar-refractivity contribution in [2.75, 3.05) is 12.8 Å². The van der Waals surface area contributed by atoms with Crippen LogP contribution >= 0.6 is 23.4 Å². The van der Waals surface area contributed by atoms with Crippen LogP contribution in [0.1, 0.15) is 23.1 Å². The average Bonchev–Trinajstić information content (AvgIpc) is 2.84. The van der Waals surface area contributed by atoms with E-state index in [0.717, 1.165) is 16.9 Å². The molecule has 0 bridgehead atoms. The SMILES string of the molecule is CNC(=O)C(Cc1ccccc1)N(Cc1cccc(Cl)c1)C(=O)CCSCc1ccccc1. The van der Waals surface area contributed by atoms with E-state index in [1.54, 1.807) is 29.8 Å². The minimum Gasteiger partial charge on any atom is -0.357 e. The molecular weight excluding hydrogens is 452 g/mol. The van der Waals surface area contributed by atoms with Gasteiger partial charge < -0.3 is 10.2 Å². The van der Waals surface area contributed by atoms with Crippen molar-refractivity contribution in [1.29, 1.82) is 0 Å². The van der Waals surface area contributed by atoms with Crippen molar-refractivity contribution < 1.29 is 9.59 Å². The summed E-state index contributed by atoms with van der Waals surface area (Å²) in [6, 6.07) is 26.8. The largest absolute Gasteiger partial charge is 0.357 e. The van der Waals surface area contributed by atoms with Crippen LogP contribution in [0.5, 0.6) is 0 Å². The zero-order valence-corrected chi connectivity index (χ0v) is 20.3. The van der Waals surface area contributed by atoms with Gasteiger partial charge >= 0.3 is 0 Å². The molecule has 0 saturated carbocycles. The number of nitrogens with zero attached hydrogens (tertiary/aromatic N) is 1. The van der Waals surface area contributed by atoms with Crippen LogP contribution in [0.2, 0.25) is 5.02 Å². The summed E-state index contributed by atoms with van der Waals surface area (Å²) in [6.07, 6.45) is 0.810. The summed E-state index contributed by atoms with van der Waals surface area (Å²) in [6.45, 7) is 0.327. The van der Waals surface area contributed by atoms with Crippen LogP contribution in [0.25, 0.3) is 0 Å². The second-order valence-corrected chi connectivity index (χ2v) is 9.30. The summed E-state index contributed by atoms with van der Waals surface area (Å²) in [7, 11) is 1.61. The first kappa shape index (κ1) is 24.9. The first-order chi connectivity index (χ1) is 16.1. The molecule has 4 nitrogen and oxygen atoms in total.